The molecule has 0 aromatic heterocycles. The van der Waals surface area contributed by atoms with Crippen molar-refractivity contribution < 1.29 is 0 Å². The molecule has 2 heterocycles. The van der Waals surface area contributed by atoms with E-state index in [-0.39, 0.29) is 6.04 Å². The molecule has 1 N–H and O–H groups in total. The van der Waals surface area contributed by atoms with Crippen LogP contribution in [0.1, 0.15) is 26.2 Å². The Bertz CT molecular complexity index is 215. The van der Waals surface area contributed by atoms with Gasteiger partial charge in [-0.05, 0) is 31.5 Å². The molecule has 1 saturated heterocycles. The Kier molecular flexibility index (Phi) is 2.17. The maximum atomic E-state index is 4.10. The molecule has 66 valence electrons. The van der Waals surface area contributed by atoms with Gasteiger partial charge in [0.1, 0.15) is 6.04 Å². The first kappa shape index (κ1) is 7.86. The van der Waals surface area contributed by atoms with Crippen LogP contribution in [-0.2, 0) is 0 Å². The Morgan fingerprint density at radius 1 is 1.42 bits per heavy atom. The Labute approximate surface area is 72.1 Å². The Balaban J connectivity index is 1.99. The molecule has 0 spiro atoms. The van der Waals surface area contributed by atoms with Crippen molar-refractivity contribution in [1.29, 1.82) is 0 Å². The molecule has 0 amide bonds. The van der Waals surface area contributed by atoms with E-state index >= 15 is 0 Å². The van der Waals surface area contributed by atoms with E-state index in [0.29, 0.717) is 6.04 Å². The normalized spacial score (nSPS) is 35.2. The summed E-state index contributed by atoms with van der Waals surface area (Å²) in [5.74, 6) is 0. The second kappa shape index (κ2) is 3.31. The van der Waals surface area contributed by atoms with Crippen LogP contribution in [0.25, 0.3) is 0 Å². The fourth-order valence-electron chi connectivity index (χ4n) is 1.81. The summed E-state index contributed by atoms with van der Waals surface area (Å²) in [6.45, 7) is 3.12. The van der Waals surface area contributed by atoms with Crippen LogP contribution >= 0.6 is 0 Å². The molecule has 4 heteroatoms. The van der Waals surface area contributed by atoms with Crippen LogP contribution in [0.15, 0.2) is 15.4 Å². The number of piperidine rings is 1. The van der Waals surface area contributed by atoms with Gasteiger partial charge in [-0.25, -0.2) is 0 Å². The summed E-state index contributed by atoms with van der Waals surface area (Å²) in [4.78, 5) is 0. The fourth-order valence-corrected chi connectivity index (χ4v) is 1.81. The fraction of sp³-hybridized carbons (Fsp3) is 0.875. The van der Waals surface area contributed by atoms with Crippen molar-refractivity contribution in [2.24, 2.45) is 15.4 Å². The molecule has 2 atom stereocenters. The monoisotopic (exact) mass is 166 g/mol. The second-order valence-corrected chi connectivity index (χ2v) is 3.45. The molecule has 0 aliphatic carbocycles. The van der Waals surface area contributed by atoms with Crippen LogP contribution in [-0.4, -0.2) is 24.3 Å². The molecule has 0 aromatic rings. The van der Waals surface area contributed by atoms with Gasteiger partial charge in [0.15, 0.2) is 0 Å². The summed E-state index contributed by atoms with van der Waals surface area (Å²) < 4.78 is 0. The van der Waals surface area contributed by atoms with Crippen LogP contribution in [0, 0.1) is 0 Å². The highest BCUT2D eigenvalue weighted by atomic mass is 15.4. The second-order valence-electron chi connectivity index (χ2n) is 3.45. The SMILES string of the molecule is CC1=NN=NC1C1CCCCN1. The van der Waals surface area contributed by atoms with E-state index in [0.717, 1.165) is 12.3 Å². The molecule has 4 nitrogen and oxygen atoms in total. The predicted octanol–water partition coefficient (Wildman–Crippen LogP) is 1.34. The van der Waals surface area contributed by atoms with Crippen molar-refractivity contribution in [2.45, 2.75) is 38.3 Å². The number of nitrogens with one attached hydrogen (secondary N) is 1. The number of nitrogens with zero attached hydrogens (tertiary/aromatic N) is 3. The highest BCUT2D eigenvalue weighted by Crippen LogP contribution is 2.17. The molecule has 0 bridgehead atoms. The zero-order valence-electron chi connectivity index (χ0n) is 7.32. The lowest BCUT2D eigenvalue weighted by atomic mass is 9.96. The van der Waals surface area contributed by atoms with Crippen molar-refractivity contribution in [3.8, 4) is 0 Å². The van der Waals surface area contributed by atoms with E-state index < -0.39 is 0 Å². The topological polar surface area (TPSA) is 49.1 Å². The van der Waals surface area contributed by atoms with E-state index in [1.807, 2.05) is 6.92 Å². The van der Waals surface area contributed by atoms with Crippen LogP contribution in [0.2, 0.25) is 0 Å². The molecule has 0 saturated carbocycles. The molecule has 2 aliphatic heterocycles. The van der Waals surface area contributed by atoms with Crippen LogP contribution in [0.3, 0.4) is 0 Å². The van der Waals surface area contributed by atoms with Crippen LogP contribution in [0.5, 0.6) is 0 Å². The van der Waals surface area contributed by atoms with Crippen molar-refractivity contribution in [3.63, 3.8) is 0 Å². The zero-order chi connectivity index (χ0) is 8.39. The van der Waals surface area contributed by atoms with Gasteiger partial charge in [-0.15, -0.1) is 5.10 Å². The molecule has 1 fully saturated rings. The van der Waals surface area contributed by atoms with Crippen LogP contribution < -0.4 is 5.32 Å². The summed E-state index contributed by atoms with van der Waals surface area (Å²) in [6.07, 6.45) is 3.80. The van der Waals surface area contributed by atoms with Crippen LogP contribution in [0.4, 0.5) is 0 Å². The number of hydrogen-bond acceptors (Lipinski definition) is 4. The lowest BCUT2D eigenvalue weighted by Gasteiger charge is -2.26. The van der Waals surface area contributed by atoms with Crippen molar-refractivity contribution in [2.75, 3.05) is 6.54 Å². The lowest BCUT2D eigenvalue weighted by molar-refractivity contribution is 0.384. The van der Waals surface area contributed by atoms with Gasteiger partial charge in [0, 0.05) is 6.04 Å². The van der Waals surface area contributed by atoms with Crippen molar-refractivity contribution >= 4 is 5.71 Å². The smallest absolute Gasteiger partial charge is 0.128 e. The van der Waals surface area contributed by atoms with Gasteiger partial charge < -0.3 is 5.32 Å². The summed E-state index contributed by atoms with van der Waals surface area (Å²) in [5, 5.41) is 15.2. The van der Waals surface area contributed by atoms with E-state index in [4.69, 9.17) is 0 Å². The van der Waals surface area contributed by atoms with E-state index in [9.17, 15) is 0 Å². The summed E-state index contributed by atoms with van der Waals surface area (Å²) >= 11 is 0. The number of hydrogen-bond donors (Lipinski definition) is 1. The summed E-state index contributed by atoms with van der Waals surface area (Å²) in [7, 11) is 0. The first-order valence-electron chi connectivity index (χ1n) is 4.55. The molecule has 2 unspecified atom stereocenters. The van der Waals surface area contributed by atoms with E-state index in [2.05, 4.69) is 20.8 Å². The molecule has 2 rings (SSSR count). The minimum Gasteiger partial charge on any atom is -0.311 e. The van der Waals surface area contributed by atoms with Gasteiger partial charge in [-0.1, -0.05) is 6.42 Å². The van der Waals surface area contributed by atoms with Gasteiger partial charge in [0.25, 0.3) is 0 Å². The van der Waals surface area contributed by atoms with Gasteiger partial charge in [-0.3, -0.25) is 0 Å². The zero-order valence-corrected chi connectivity index (χ0v) is 7.32. The summed E-state index contributed by atoms with van der Waals surface area (Å²) in [5.41, 5.74) is 1.05. The maximum absolute atomic E-state index is 4.10. The standard InChI is InChI=1S/C8H14N4/c1-6-8(11-12-10-6)7-4-2-3-5-9-7/h7-9H,2-5H2,1H3. The first-order valence-corrected chi connectivity index (χ1v) is 4.55. The lowest BCUT2D eigenvalue weighted by Crippen LogP contribution is -2.44. The Morgan fingerprint density at radius 3 is 2.92 bits per heavy atom. The average Bonchev–Trinajstić information content (AvgIpc) is 2.53. The molecule has 2 aliphatic rings. The minimum atomic E-state index is 0.213. The third-order valence-corrected chi connectivity index (χ3v) is 2.54. The first-order chi connectivity index (χ1) is 5.88. The summed E-state index contributed by atoms with van der Waals surface area (Å²) in [6, 6.07) is 0.694. The van der Waals surface area contributed by atoms with E-state index in [1.54, 1.807) is 0 Å². The highest BCUT2D eigenvalue weighted by Gasteiger charge is 2.27. The van der Waals surface area contributed by atoms with Crippen molar-refractivity contribution in [3.05, 3.63) is 0 Å². The minimum absolute atomic E-state index is 0.213. The van der Waals surface area contributed by atoms with Gasteiger partial charge >= 0.3 is 0 Å². The van der Waals surface area contributed by atoms with E-state index in [1.165, 1.54) is 19.3 Å². The molecule has 12 heavy (non-hydrogen) atoms. The van der Waals surface area contributed by atoms with Gasteiger partial charge in [-0.2, -0.15) is 5.11 Å². The average molecular weight is 166 g/mol. The molecule has 0 radical (unpaired) electrons. The number of rotatable bonds is 1. The predicted molar refractivity (Wildman–Crippen MR) is 47.4 cm³/mol. The largest absolute Gasteiger partial charge is 0.311 e. The van der Waals surface area contributed by atoms with Gasteiger partial charge in [0.2, 0.25) is 0 Å². The molecule has 0 aromatic carbocycles. The molecular formula is C8H14N4. The van der Waals surface area contributed by atoms with Crippen molar-refractivity contribution in [1.82, 2.24) is 5.32 Å². The third-order valence-electron chi connectivity index (χ3n) is 2.54. The Hall–Kier alpha value is -0.770. The maximum Gasteiger partial charge on any atom is 0.128 e. The third kappa shape index (κ3) is 1.39. The highest BCUT2D eigenvalue weighted by molar-refractivity contribution is 5.88. The molecular weight excluding hydrogens is 152 g/mol. The quantitative estimate of drug-likeness (QED) is 0.627. The Morgan fingerprint density at radius 2 is 2.33 bits per heavy atom. The van der Waals surface area contributed by atoms with Gasteiger partial charge in [0.05, 0.1) is 5.71 Å².